The van der Waals surface area contributed by atoms with Crippen LogP contribution in [-0.2, 0) is 7.05 Å². The minimum Gasteiger partial charge on any atom is -0.496 e. The largest absolute Gasteiger partial charge is 0.496 e. The zero-order valence-corrected chi connectivity index (χ0v) is 85.9. The lowest BCUT2D eigenvalue weighted by Gasteiger charge is -2.44. The maximum absolute atomic E-state index is 9.77. The molecule has 0 radical (unpaired) electrons. The molecule has 37 heteroatoms. The number of nitrogens with zero attached hydrogens (tertiary/aromatic N) is 22. The molecule has 7 fully saturated rings. The first kappa shape index (κ1) is 98.7. The number of ether oxygens (including phenoxy) is 7. The molecule has 17 aromatic heterocycles. The molecule has 24 heterocycles. The number of pyridine rings is 10. The van der Waals surface area contributed by atoms with Crippen molar-refractivity contribution in [1.29, 1.82) is 26.3 Å². The monoisotopic (exact) mass is 2050 g/mol. The number of likely N-dealkylation sites (tertiary alicyclic amines) is 2. The fourth-order valence-electron chi connectivity index (χ4n) is 21.0. The lowest BCUT2D eigenvalue weighted by molar-refractivity contribution is -0.00727. The van der Waals surface area contributed by atoms with Crippen LogP contribution in [0, 0.1) is 76.4 Å². The van der Waals surface area contributed by atoms with Crippen LogP contribution in [0.3, 0.4) is 0 Å². The first-order valence-corrected chi connectivity index (χ1v) is 51.5. The van der Waals surface area contributed by atoms with Crippen molar-refractivity contribution >= 4 is 126 Å². The number of aromatic nitrogens is 19. The van der Waals surface area contributed by atoms with E-state index in [4.69, 9.17) is 33.2 Å². The van der Waals surface area contributed by atoms with Crippen LogP contribution < -0.4 is 43.8 Å². The molecule has 7 aliphatic rings. The number of hydrogen-bond acceptors (Lipinski definition) is 29. The van der Waals surface area contributed by atoms with E-state index in [1.807, 2.05) is 105 Å². The Morgan fingerprint density at radius 1 is 0.369 bits per heavy atom. The molecule has 36 nitrogen and oxygen atoms in total. The van der Waals surface area contributed by atoms with Gasteiger partial charge in [0.2, 0.25) is 0 Å². The topological polar surface area (TPSA) is 461 Å². The van der Waals surface area contributed by atoms with Crippen LogP contribution in [-0.4, -0.2) is 239 Å². The van der Waals surface area contributed by atoms with E-state index in [1.54, 1.807) is 56.1 Å². The van der Waals surface area contributed by atoms with Gasteiger partial charge in [0.05, 0.1) is 112 Å². The number of benzene rings is 2. The second kappa shape index (κ2) is 43.4. The molecule has 26 rings (SSSR count). The Bertz CT molecular complexity index is 8480. The molecule has 1 unspecified atom stereocenters. The fourth-order valence-corrected chi connectivity index (χ4v) is 21.3. The molecule has 7 saturated heterocycles. The molecule has 149 heavy (non-hydrogen) atoms. The SMILES string of the molecule is CC(C)n1cc(-c2cnc3[nH]c4cnc(C#N)c(OC5CCNCC5)c4c3c2)cn1.CCN1CCC(Oc2c(C#N)ncc3[nH]c4ncc(-c5ccc(C)c(OC)c5)cc4c23)CC1.CCN1CCC(Oc2c(C#N)ncc3[nH]c4ncc(Br)cc4c23)CC1.COc1cc(-c2cnc3[nH]c4cnc(C#N)c(OC5CCNCC5)c4c3c2)ccc1C.Cn1cc(-c2cnc3[nH]c4cnc(C#N)c(OC5CN6CCC5CC6)c4c3c2)cn1. The van der Waals surface area contributed by atoms with Crippen molar-refractivity contribution in [1.82, 2.24) is 120 Å². The highest BCUT2D eigenvalue weighted by molar-refractivity contribution is 9.10. The molecular formula is C112H112BrN29O7. The highest BCUT2D eigenvalue weighted by Crippen LogP contribution is 2.46. The van der Waals surface area contributed by atoms with Gasteiger partial charge < -0.3 is 78.5 Å². The van der Waals surface area contributed by atoms with E-state index in [0.29, 0.717) is 63.1 Å². The number of hydrogen-bond donors (Lipinski definition) is 7. The van der Waals surface area contributed by atoms with E-state index in [2.05, 4.69) is 221 Å². The van der Waals surface area contributed by atoms with Gasteiger partial charge in [-0.3, -0.25) is 14.3 Å². The minimum atomic E-state index is 0.0585. The molecule has 0 spiro atoms. The number of H-pyrrole nitrogens is 5. The van der Waals surface area contributed by atoms with Crippen LogP contribution in [0.5, 0.6) is 40.2 Å². The Kier molecular flexibility index (Phi) is 28.7. The molecule has 1 atom stereocenters. The van der Waals surface area contributed by atoms with Gasteiger partial charge in [-0.15, -0.1) is 0 Å². The molecule has 0 amide bonds. The van der Waals surface area contributed by atoms with Crippen molar-refractivity contribution in [3.63, 3.8) is 0 Å². The number of aromatic amines is 5. The lowest BCUT2D eigenvalue weighted by atomic mass is 9.86. The first-order valence-electron chi connectivity index (χ1n) is 50.7. The van der Waals surface area contributed by atoms with Crippen LogP contribution in [0.1, 0.15) is 138 Å². The van der Waals surface area contributed by atoms with Crippen molar-refractivity contribution in [3.8, 4) is 115 Å². The minimum absolute atomic E-state index is 0.0585. The zero-order valence-electron chi connectivity index (χ0n) is 84.3. The Morgan fingerprint density at radius 3 is 1.01 bits per heavy atom. The molecule has 0 saturated carbocycles. The van der Waals surface area contributed by atoms with Gasteiger partial charge in [0.25, 0.3) is 0 Å². The molecule has 2 bridgehead atoms. The summed E-state index contributed by atoms with van der Waals surface area (Å²) in [6.07, 6.45) is 35.3. The van der Waals surface area contributed by atoms with E-state index >= 15 is 0 Å². The molecule has 7 aliphatic heterocycles. The summed E-state index contributed by atoms with van der Waals surface area (Å²) >= 11 is 3.47. The quantitative estimate of drug-likeness (QED) is 0.0395. The number of nitriles is 5. The smallest absolute Gasteiger partial charge is 0.183 e. The lowest BCUT2D eigenvalue weighted by Crippen LogP contribution is -2.52. The summed E-state index contributed by atoms with van der Waals surface area (Å²) in [5.41, 5.74) is 19.5. The number of rotatable bonds is 19. The van der Waals surface area contributed by atoms with Gasteiger partial charge in [-0.1, -0.05) is 38.1 Å². The van der Waals surface area contributed by atoms with E-state index < -0.39 is 0 Å². The van der Waals surface area contributed by atoms with Crippen LogP contribution >= 0.6 is 15.9 Å². The number of methoxy groups -OCH3 is 2. The maximum Gasteiger partial charge on any atom is 0.183 e. The van der Waals surface area contributed by atoms with Crippen molar-refractivity contribution in [2.75, 3.05) is 99.3 Å². The second-order valence-electron chi connectivity index (χ2n) is 38.8. The number of halogens is 1. The van der Waals surface area contributed by atoms with Crippen molar-refractivity contribution in [2.24, 2.45) is 13.0 Å². The summed E-state index contributed by atoms with van der Waals surface area (Å²) in [6.45, 7) is 25.6. The van der Waals surface area contributed by atoms with Gasteiger partial charge in [-0.25, -0.2) is 49.8 Å². The second-order valence-corrected chi connectivity index (χ2v) is 39.8. The fraction of sp³-hybridized carbons (Fsp3) is 0.348. The van der Waals surface area contributed by atoms with Gasteiger partial charge in [0.15, 0.2) is 57.2 Å². The van der Waals surface area contributed by atoms with Gasteiger partial charge in [0.1, 0.15) is 101 Å². The highest BCUT2D eigenvalue weighted by atomic mass is 79.9. The zero-order chi connectivity index (χ0) is 103. The molecule has 754 valence electrons. The molecule has 0 aliphatic carbocycles. The number of fused-ring (bicyclic) bond motifs is 18. The van der Waals surface area contributed by atoms with Gasteiger partial charge in [0, 0.05) is 154 Å². The predicted octanol–water partition coefficient (Wildman–Crippen LogP) is 19.0. The Hall–Kier alpha value is -16.3. The van der Waals surface area contributed by atoms with Crippen molar-refractivity contribution < 1.29 is 33.2 Å². The third-order valence-electron chi connectivity index (χ3n) is 29.2. The summed E-state index contributed by atoms with van der Waals surface area (Å²) in [6, 6.07) is 33.9. The maximum atomic E-state index is 9.77. The highest BCUT2D eigenvalue weighted by Gasteiger charge is 2.38. The van der Waals surface area contributed by atoms with Crippen LogP contribution in [0.2, 0.25) is 0 Å². The van der Waals surface area contributed by atoms with Crippen LogP contribution in [0.15, 0.2) is 158 Å². The van der Waals surface area contributed by atoms with Crippen molar-refractivity contribution in [2.45, 2.75) is 142 Å². The third-order valence-corrected chi connectivity index (χ3v) is 29.7. The average molecular weight is 2060 g/mol. The first-order chi connectivity index (χ1) is 72.8. The number of nitrogens with one attached hydrogen (secondary N) is 7. The summed E-state index contributed by atoms with van der Waals surface area (Å²) in [5, 5.41) is 72.7. The molecule has 2 aromatic carbocycles. The normalized spacial score (nSPS) is 16.8. The Labute approximate surface area is 866 Å². The average Bonchev–Trinajstić information content (AvgIpc) is 1.64. The number of piperidine rings is 7. The standard InChI is InChI=1S/C26H27N5O2.C24H23N5O2.C22H21N7O.C22H23N7O.C18H18BrN5O/c1-4-31-9-7-19(8-10-31)33-25-21(13-27)28-15-22-24(25)20-11-18(14-29-26(20)30-22)17-6-5-16(2)23(12-17)32-3;1-14-3-4-15(10-21(14)30-2)16-9-18-22-20(29-24(18)28-12-16)13-27-19(11-25)23(22)31-17-5-7-26-8-6-17;1-28-11-15(9-26-28)14-6-16-20-18(27-22(16)25-8-14)10-24-17(7-23)21(20)30-19-12-29-4-2-13(19)3-5-29;1-13(2)29-12-15(10-27-29)14-7-17-20-19(28-22(17)26-9-14)11-25-18(8-23)21(20)30-16-3-5-24-6-4-16;1-2-24-5-3-12(4-6-24)25-17-14(8-20)21-10-15-16(17)13-7-11(19)9-22-18(13)23-15/h5-6,11-12,14-15,19H,4,7-10H2,1-3H3,(H,29,30);3-4,9-10,12-13,17,26H,5-8H2,1-2H3,(H,28,29);6,8-11,13,19H,2-5,12H2,1H3,(H,25,27);7,9-13,16,24H,3-6H2,1-2H3,(H,26,28);7,9-10,12H,2-6H2,1H3,(H,22,23). The van der Waals surface area contributed by atoms with Crippen LogP contribution in [0.25, 0.3) is 154 Å². The van der Waals surface area contributed by atoms with E-state index in [0.717, 1.165) is 331 Å². The van der Waals surface area contributed by atoms with Gasteiger partial charge in [-0.2, -0.15) is 36.5 Å². The van der Waals surface area contributed by atoms with E-state index in [1.165, 1.54) is 0 Å². The van der Waals surface area contributed by atoms with Gasteiger partial charge in [-0.05, 0) is 231 Å². The Morgan fingerprint density at radius 2 is 0.698 bits per heavy atom. The Balaban J connectivity index is 0.000000109. The summed E-state index contributed by atoms with van der Waals surface area (Å²) in [7, 11) is 5.25. The molecular weight excluding hydrogens is 1940 g/mol. The molecule has 7 N–H and O–H groups in total. The summed E-state index contributed by atoms with van der Waals surface area (Å²) in [4.78, 5) is 68.4. The molecule has 19 aromatic rings. The third kappa shape index (κ3) is 20.4. The van der Waals surface area contributed by atoms with Crippen molar-refractivity contribution in [3.05, 3.63) is 198 Å². The van der Waals surface area contributed by atoms with E-state index in [-0.39, 0.29) is 36.6 Å². The van der Waals surface area contributed by atoms with Gasteiger partial charge >= 0.3 is 0 Å². The number of aryl methyl sites for hydroxylation is 3. The van der Waals surface area contributed by atoms with Crippen LogP contribution in [0.4, 0.5) is 0 Å². The predicted molar refractivity (Wildman–Crippen MR) is 574 cm³/mol. The summed E-state index contributed by atoms with van der Waals surface area (Å²) < 4.78 is 47.6. The summed E-state index contributed by atoms with van der Waals surface area (Å²) in [5.74, 6) is 4.99. The van der Waals surface area contributed by atoms with E-state index in [9.17, 15) is 26.3 Å².